The summed E-state index contributed by atoms with van der Waals surface area (Å²) in [6.07, 6.45) is 48.8. The van der Waals surface area contributed by atoms with E-state index in [1.165, 1.54) is 19.3 Å². The highest BCUT2D eigenvalue weighted by Crippen LogP contribution is 2.43. The van der Waals surface area contributed by atoms with Crippen LogP contribution in [0.2, 0.25) is 0 Å². The minimum atomic E-state index is -4.44. The smallest absolute Gasteiger partial charge is 0.462 e. The third-order valence-electron chi connectivity index (χ3n) is 8.01. The number of carbonyl (C=O) groups is 2. The molecule has 0 spiro atoms. The van der Waals surface area contributed by atoms with E-state index in [9.17, 15) is 29.3 Å². The Hall–Kier alpha value is -3.67. The molecule has 0 bridgehead atoms. The molecule has 1 unspecified atom stereocenters. The number of phosphoric acid groups is 1. The van der Waals surface area contributed by atoms with E-state index < -0.39 is 44.7 Å². The zero-order valence-electron chi connectivity index (χ0n) is 35.6. The van der Waals surface area contributed by atoms with Gasteiger partial charge in [0.2, 0.25) is 0 Å². The van der Waals surface area contributed by atoms with Crippen molar-refractivity contribution < 1.29 is 47.8 Å². The standard InChI is InChI=1S/C47H74NO10P/c1-3-5-7-8-9-10-11-12-13-14-15-16-17-18-19-24-32-38-47(52)58-45(42-57-59(53,54)56-40-39-48)41-55-46(51)37-31-23-21-20-22-28-34-44(50)36-30-26-25-29-35-43(49)33-27-6-4-2/h6,9-10,12-13,15-16,18-19,21-23,25-30,35-36,43-45,49-50H,3-5,7-8,11,14,17,20,24,31-34,37-42,48H2,1-2H3,(H,53,54)/b10-9-,13-12-,16-15-,19-18-,23-21-,26-25-,27-6-,28-22-,35-29+,36-30+/t43-,44+,45-/m1/s1. The SMILES string of the molecule is CC/C=C\C[C@@H](O)/C=C/C=C\C=C\[C@@H](O)C/C=C\C/C=C\CCC(=O)OC[C@H](COP(=O)(O)OCCN)OC(=O)CCC/C=C\C/C=C\C/C=C\C/C=C\CCCCC. The van der Waals surface area contributed by atoms with Crippen LogP contribution in [0, 0.1) is 0 Å². The van der Waals surface area contributed by atoms with Crippen LogP contribution in [0.1, 0.15) is 117 Å². The van der Waals surface area contributed by atoms with Crippen molar-refractivity contribution in [3.8, 4) is 0 Å². The Morgan fingerprint density at radius 1 is 0.610 bits per heavy atom. The maximum Gasteiger partial charge on any atom is 0.472 e. The van der Waals surface area contributed by atoms with Crippen molar-refractivity contribution in [1.29, 1.82) is 0 Å². The number of carbonyl (C=O) groups excluding carboxylic acids is 2. The number of aliphatic hydroxyl groups excluding tert-OH is 2. The van der Waals surface area contributed by atoms with E-state index in [-0.39, 0.29) is 32.6 Å². The monoisotopic (exact) mass is 844 g/mol. The Labute approximate surface area is 355 Å². The lowest BCUT2D eigenvalue weighted by Gasteiger charge is -2.19. The average molecular weight is 844 g/mol. The second-order valence-corrected chi connectivity index (χ2v) is 15.0. The van der Waals surface area contributed by atoms with E-state index in [0.717, 1.165) is 32.1 Å². The summed E-state index contributed by atoms with van der Waals surface area (Å²) >= 11 is 0. The third kappa shape index (κ3) is 40.9. The Morgan fingerprint density at radius 2 is 1.14 bits per heavy atom. The van der Waals surface area contributed by atoms with Crippen molar-refractivity contribution in [3.63, 3.8) is 0 Å². The summed E-state index contributed by atoms with van der Waals surface area (Å²) in [5.41, 5.74) is 5.33. The number of nitrogens with two attached hydrogens (primary N) is 1. The van der Waals surface area contributed by atoms with Crippen LogP contribution in [0.4, 0.5) is 0 Å². The number of phosphoric ester groups is 1. The van der Waals surface area contributed by atoms with Gasteiger partial charge in [-0.3, -0.25) is 18.6 Å². The molecular weight excluding hydrogens is 769 g/mol. The van der Waals surface area contributed by atoms with Gasteiger partial charge in [0.25, 0.3) is 0 Å². The third-order valence-corrected chi connectivity index (χ3v) is 9.00. The van der Waals surface area contributed by atoms with Gasteiger partial charge >= 0.3 is 19.8 Å². The minimum absolute atomic E-state index is 0.0113. The van der Waals surface area contributed by atoms with Gasteiger partial charge in [-0.1, -0.05) is 148 Å². The maximum absolute atomic E-state index is 12.6. The van der Waals surface area contributed by atoms with Crippen molar-refractivity contribution in [2.45, 2.75) is 135 Å². The molecule has 0 amide bonds. The topological polar surface area (TPSA) is 175 Å². The van der Waals surface area contributed by atoms with Gasteiger partial charge in [0.15, 0.2) is 6.10 Å². The normalized spacial score (nSPS) is 15.6. The highest BCUT2D eigenvalue weighted by Gasteiger charge is 2.25. The molecule has 0 aromatic rings. The summed E-state index contributed by atoms with van der Waals surface area (Å²) in [5.74, 6) is -1.08. The first-order chi connectivity index (χ1) is 28.6. The van der Waals surface area contributed by atoms with Gasteiger partial charge in [-0.2, -0.15) is 0 Å². The van der Waals surface area contributed by atoms with Gasteiger partial charge in [0.05, 0.1) is 25.4 Å². The number of hydrogen-bond acceptors (Lipinski definition) is 10. The first-order valence-electron chi connectivity index (χ1n) is 21.2. The molecule has 0 fully saturated rings. The fraction of sp³-hybridized carbons (Fsp3) is 0.532. The van der Waals surface area contributed by atoms with Gasteiger partial charge in [-0.05, 0) is 77.0 Å². The summed E-state index contributed by atoms with van der Waals surface area (Å²) in [7, 11) is -4.44. The van der Waals surface area contributed by atoms with Crippen molar-refractivity contribution >= 4 is 19.8 Å². The lowest BCUT2D eigenvalue weighted by Crippen LogP contribution is -2.29. The summed E-state index contributed by atoms with van der Waals surface area (Å²) < 4.78 is 32.5. The van der Waals surface area contributed by atoms with E-state index in [4.69, 9.17) is 24.3 Å². The lowest BCUT2D eigenvalue weighted by atomic mass is 10.2. The number of aliphatic hydroxyl groups is 2. The van der Waals surface area contributed by atoms with Crippen LogP contribution in [0.25, 0.3) is 0 Å². The summed E-state index contributed by atoms with van der Waals surface area (Å²) in [4.78, 5) is 34.8. The van der Waals surface area contributed by atoms with Crippen molar-refractivity contribution in [1.82, 2.24) is 0 Å². The fourth-order valence-corrected chi connectivity index (χ4v) is 5.59. The molecule has 0 saturated carbocycles. The Bertz CT molecular complexity index is 1410. The molecule has 59 heavy (non-hydrogen) atoms. The minimum Gasteiger partial charge on any atom is -0.462 e. The summed E-state index contributed by atoms with van der Waals surface area (Å²) in [6.45, 7) is 3.20. The molecule has 0 heterocycles. The van der Waals surface area contributed by atoms with E-state index in [1.807, 2.05) is 55.5 Å². The molecular formula is C47H74NO10P. The zero-order chi connectivity index (χ0) is 43.5. The number of allylic oxidation sites excluding steroid dienone is 16. The number of rotatable bonds is 37. The van der Waals surface area contributed by atoms with Crippen LogP contribution in [0.3, 0.4) is 0 Å². The Kier molecular flexibility index (Phi) is 38.5. The van der Waals surface area contributed by atoms with Gasteiger partial charge in [-0.15, -0.1) is 0 Å². The second-order valence-electron chi connectivity index (χ2n) is 13.5. The van der Waals surface area contributed by atoms with Crippen LogP contribution in [-0.4, -0.2) is 71.7 Å². The molecule has 4 atom stereocenters. The predicted molar refractivity (Wildman–Crippen MR) is 240 cm³/mol. The molecule has 0 aromatic carbocycles. The van der Waals surface area contributed by atoms with E-state index >= 15 is 0 Å². The van der Waals surface area contributed by atoms with Gasteiger partial charge in [0.1, 0.15) is 6.61 Å². The maximum atomic E-state index is 12.6. The highest BCUT2D eigenvalue weighted by molar-refractivity contribution is 7.47. The molecule has 5 N–H and O–H groups in total. The van der Waals surface area contributed by atoms with Gasteiger partial charge < -0.3 is 30.3 Å². The van der Waals surface area contributed by atoms with Crippen LogP contribution >= 0.6 is 7.82 Å². The van der Waals surface area contributed by atoms with Crippen LogP contribution in [-0.2, 0) is 32.7 Å². The molecule has 0 saturated heterocycles. The number of esters is 2. The Balaban J connectivity index is 4.53. The van der Waals surface area contributed by atoms with Crippen LogP contribution in [0.15, 0.2) is 122 Å². The highest BCUT2D eigenvalue weighted by atomic mass is 31.2. The molecule has 332 valence electrons. The molecule has 12 heteroatoms. The fourth-order valence-electron chi connectivity index (χ4n) is 4.83. The molecule has 0 aliphatic heterocycles. The molecule has 0 aliphatic rings. The van der Waals surface area contributed by atoms with E-state index in [1.54, 1.807) is 36.5 Å². The lowest BCUT2D eigenvalue weighted by molar-refractivity contribution is -0.161. The predicted octanol–water partition coefficient (Wildman–Crippen LogP) is 10.1. The van der Waals surface area contributed by atoms with Crippen molar-refractivity contribution in [2.24, 2.45) is 5.73 Å². The summed E-state index contributed by atoms with van der Waals surface area (Å²) in [5, 5.41) is 19.9. The molecule has 0 radical (unpaired) electrons. The zero-order valence-corrected chi connectivity index (χ0v) is 36.5. The van der Waals surface area contributed by atoms with E-state index in [0.29, 0.717) is 38.5 Å². The van der Waals surface area contributed by atoms with Crippen LogP contribution in [0.5, 0.6) is 0 Å². The number of hydrogen-bond donors (Lipinski definition) is 4. The summed E-state index contributed by atoms with van der Waals surface area (Å²) in [6, 6.07) is 0. The largest absolute Gasteiger partial charge is 0.472 e. The first kappa shape index (κ1) is 55.3. The molecule has 0 aliphatic carbocycles. The van der Waals surface area contributed by atoms with Crippen LogP contribution < -0.4 is 5.73 Å². The molecule has 0 rings (SSSR count). The molecule has 0 aromatic heterocycles. The second kappa shape index (κ2) is 41.1. The number of ether oxygens (including phenoxy) is 2. The quantitative estimate of drug-likeness (QED) is 0.0154. The average Bonchev–Trinajstić information content (AvgIpc) is 3.21. The van der Waals surface area contributed by atoms with Gasteiger partial charge in [0, 0.05) is 19.4 Å². The van der Waals surface area contributed by atoms with Crippen molar-refractivity contribution in [2.75, 3.05) is 26.4 Å². The molecule has 11 nitrogen and oxygen atoms in total. The Morgan fingerprint density at radius 3 is 1.69 bits per heavy atom. The first-order valence-corrected chi connectivity index (χ1v) is 22.7. The van der Waals surface area contributed by atoms with E-state index in [2.05, 4.69) is 43.4 Å². The number of unbranched alkanes of at least 4 members (excludes halogenated alkanes) is 4. The van der Waals surface area contributed by atoms with Gasteiger partial charge in [-0.25, -0.2) is 4.57 Å². The van der Waals surface area contributed by atoms with Crippen molar-refractivity contribution in [3.05, 3.63) is 122 Å².